The van der Waals surface area contributed by atoms with Crippen molar-refractivity contribution in [2.45, 2.75) is 13.5 Å². The summed E-state index contributed by atoms with van der Waals surface area (Å²) in [6.45, 7) is 2.64. The normalized spacial score (nSPS) is 10.9. The summed E-state index contributed by atoms with van der Waals surface area (Å²) in [6, 6.07) is 6.72. The number of carbonyl (C=O) groups excluding carboxylic acids is 1. The first-order valence-corrected chi connectivity index (χ1v) is 8.09. The van der Waals surface area contributed by atoms with Gasteiger partial charge in [-0.25, -0.2) is 4.39 Å². The molecule has 2 rings (SSSR count). The van der Waals surface area contributed by atoms with Crippen molar-refractivity contribution in [3.8, 4) is 0 Å². The summed E-state index contributed by atoms with van der Waals surface area (Å²) in [4.78, 5) is 15.0. The highest BCUT2D eigenvalue weighted by Gasteiger charge is 2.09. The molecule has 112 valence electrons. The Bertz CT molecular complexity index is 644. The van der Waals surface area contributed by atoms with Crippen LogP contribution in [-0.2, 0) is 11.3 Å². The second-order valence-electron chi connectivity index (χ2n) is 4.92. The van der Waals surface area contributed by atoms with Gasteiger partial charge in [-0.1, -0.05) is 6.07 Å². The van der Waals surface area contributed by atoms with Gasteiger partial charge in [0.1, 0.15) is 5.82 Å². The minimum atomic E-state index is -0.315. The third kappa shape index (κ3) is 4.91. The number of benzene rings is 1. The predicted octanol–water partition coefficient (Wildman–Crippen LogP) is 4.03. The number of amides is 1. The summed E-state index contributed by atoms with van der Waals surface area (Å²) in [5, 5.41) is 4.72. The molecule has 0 spiro atoms. The Morgan fingerprint density at radius 3 is 2.81 bits per heavy atom. The number of anilines is 1. The number of rotatable bonds is 5. The lowest BCUT2D eigenvalue weighted by Crippen LogP contribution is -2.29. The number of thiophene rings is 1. The minimum absolute atomic E-state index is 0.156. The van der Waals surface area contributed by atoms with Gasteiger partial charge >= 0.3 is 0 Å². The van der Waals surface area contributed by atoms with Crippen molar-refractivity contribution in [2.24, 2.45) is 0 Å². The number of hydrogen-bond donors (Lipinski definition) is 1. The molecule has 1 N–H and O–H groups in total. The summed E-state index contributed by atoms with van der Waals surface area (Å²) >= 11 is 5.05. The van der Waals surface area contributed by atoms with E-state index >= 15 is 0 Å². The number of likely N-dealkylation sites (N-methyl/N-ethyl adjacent to an activating group) is 1. The van der Waals surface area contributed by atoms with Crippen LogP contribution in [0.2, 0.25) is 0 Å². The van der Waals surface area contributed by atoms with Crippen LogP contribution >= 0.6 is 27.3 Å². The maximum atomic E-state index is 13.4. The van der Waals surface area contributed by atoms with Crippen LogP contribution in [0.1, 0.15) is 10.4 Å². The van der Waals surface area contributed by atoms with Crippen LogP contribution in [0.5, 0.6) is 0 Å². The van der Waals surface area contributed by atoms with Crippen molar-refractivity contribution in [2.75, 3.05) is 18.9 Å². The Labute approximate surface area is 135 Å². The maximum absolute atomic E-state index is 13.4. The Kier molecular flexibility index (Phi) is 5.50. The minimum Gasteiger partial charge on any atom is -0.325 e. The fraction of sp³-hybridized carbons (Fsp3) is 0.267. The lowest BCUT2D eigenvalue weighted by Gasteiger charge is -2.15. The van der Waals surface area contributed by atoms with Crippen molar-refractivity contribution < 1.29 is 9.18 Å². The van der Waals surface area contributed by atoms with Gasteiger partial charge in [0, 0.05) is 27.0 Å². The maximum Gasteiger partial charge on any atom is 0.238 e. The fourth-order valence-electron chi connectivity index (χ4n) is 1.87. The lowest BCUT2D eigenvalue weighted by molar-refractivity contribution is -0.117. The molecule has 1 amide bonds. The van der Waals surface area contributed by atoms with Gasteiger partial charge in [0.25, 0.3) is 0 Å². The summed E-state index contributed by atoms with van der Waals surface area (Å²) in [5.74, 6) is -0.471. The zero-order valence-electron chi connectivity index (χ0n) is 11.8. The van der Waals surface area contributed by atoms with Gasteiger partial charge in [0.2, 0.25) is 5.91 Å². The number of carbonyl (C=O) groups is 1. The van der Waals surface area contributed by atoms with E-state index in [-0.39, 0.29) is 18.3 Å². The molecule has 0 unspecified atom stereocenters. The van der Waals surface area contributed by atoms with Crippen LogP contribution in [0.15, 0.2) is 34.1 Å². The highest BCUT2D eigenvalue weighted by atomic mass is 79.9. The van der Waals surface area contributed by atoms with Gasteiger partial charge in [-0.2, -0.15) is 0 Å². The zero-order chi connectivity index (χ0) is 15.4. The molecule has 1 aromatic carbocycles. The zero-order valence-corrected chi connectivity index (χ0v) is 14.2. The lowest BCUT2D eigenvalue weighted by atomic mass is 10.2. The molecule has 1 aromatic heterocycles. The van der Waals surface area contributed by atoms with Crippen molar-refractivity contribution in [3.63, 3.8) is 0 Å². The predicted molar refractivity (Wildman–Crippen MR) is 88.1 cm³/mol. The van der Waals surface area contributed by atoms with E-state index in [1.807, 2.05) is 23.4 Å². The average molecular weight is 371 g/mol. The molecule has 1 heterocycles. The monoisotopic (exact) mass is 370 g/mol. The molecule has 3 nitrogen and oxygen atoms in total. The van der Waals surface area contributed by atoms with Crippen LogP contribution in [0.25, 0.3) is 0 Å². The third-order valence-electron chi connectivity index (χ3n) is 2.92. The standard InChI is InChI=1S/C15H16BrFN2OS/c1-10-3-4-12(6-14(10)17)18-15(20)8-19(2)7-13-5-11(16)9-21-13/h3-6,9H,7-8H2,1-2H3,(H,18,20). The Balaban J connectivity index is 1.87. The fourth-order valence-corrected chi connectivity index (χ4v) is 3.41. The molecule has 0 aliphatic carbocycles. The van der Waals surface area contributed by atoms with E-state index in [4.69, 9.17) is 0 Å². The SMILES string of the molecule is Cc1ccc(NC(=O)CN(C)Cc2cc(Br)cs2)cc1F. The molecule has 2 aromatic rings. The van der Waals surface area contributed by atoms with Crippen molar-refractivity contribution >= 4 is 38.9 Å². The van der Waals surface area contributed by atoms with Gasteiger partial charge in [-0.05, 0) is 53.7 Å². The summed E-state index contributed by atoms with van der Waals surface area (Å²) in [6.07, 6.45) is 0. The number of nitrogens with zero attached hydrogens (tertiary/aromatic N) is 1. The Hall–Kier alpha value is -1.24. The first-order valence-electron chi connectivity index (χ1n) is 6.41. The molecular formula is C15H16BrFN2OS. The van der Waals surface area contributed by atoms with Gasteiger partial charge in [-0.15, -0.1) is 11.3 Å². The molecule has 0 aliphatic heterocycles. The van der Waals surface area contributed by atoms with Crippen LogP contribution < -0.4 is 5.32 Å². The van der Waals surface area contributed by atoms with E-state index in [1.165, 1.54) is 10.9 Å². The van der Waals surface area contributed by atoms with Crippen LogP contribution in [0.4, 0.5) is 10.1 Å². The van der Waals surface area contributed by atoms with Crippen molar-refractivity contribution in [3.05, 3.63) is 50.4 Å². The van der Waals surface area contributed by atoms with E-state index in [1.54, 1.807) is 30.4 Å². The molecule has 0 atom stereocenters. The van der Waals surface area contributed by atoms with E-state index in [9.17, 15) is 9.18 Å². The van der Waals surface area contributed by atoms with Crippen LogP contribution in [0.3, 0.4) is 0 Å². The first kappa shape index (κ1) is 16.1. The smallest absolute Gasteiger partial charge is 0.238 e. The second kappa shape index (κ2) is 7.15. The average Bonchev–Trinajstić information content (AvgIpc) is 2.79. The van der Waals surface area contributed by atoms with E-state index in [0.29, 0.717) is 17.8 Å². The van der Waals surface area contributed by atoms with Gasteiger partial charge in [0.05, 0.1) is 6.54 Å². The van der Waals surface area contributed by atoms with Gasteiger partial charge in [0.15, 0.2) is 0 Å². The third-order valence-corrected chi connectivity index (χ3v) is 4.60. The summed E-state index contributed by atoms with van der Waals surface area (Å²) in [7, 11) is 1.88. The molecule has 0 radical (unpaired) electrons. The molecule has 0 bridgehead atoms. The van der Waals surface area contributed by atoms with Crippen molar-refractivity contribution in [1.82, 2.24) is 4.90 Å². The summed E-state index contributed by atoms with van der Waals surface area (Å²) < 4.78 is 14.5. The van der Waals surface area contributed by atoms with E-state index in [2.05, 4.69) is 21.2 Å². The summed E-state index contributed by atoms with van der Waals surface area (Å²) in [5.41, 5.74) is 1.05. The molecular weight excluding hydrogens is 355 g/mol. The number of aryl methyl sites for hydroxylation is 1. The Morgan fingerprint density at radius 1 is 1.43 bits per heavy atom. The molecule has 0 saturated heterocycles. The van der Waals surface area contributed by atoms with Crippen LogP contribution in [-0.4, -0.2) is 24.4 Å². The molecule has 6 heteroatoms. The topological polar surface area (TPSA) is 32.3 Å². The second-order valence-corrected chi connectivity index (χ2v) is 6.83. The van der Waals surface area contributed by atoms with Crippen LogP contribution in [0, 0.1) is 12.7 Å². The van der Waals surface area contributed by atoms with Gasteiger partial charge < -0.3 is 5.32 Å². The van der Waals surface area contributed by atoms with Gasteiger partial charge in [-0.3, -0.25) is 9.69 Å². The van der Waals surface area contributed by atoms with Crippen molar-refractivity contribution in [1.29, 1.82) is 0 Å². The number of hydrogen-bond acceptors (Lipinski definition) is 3. The highest BCUT2D eigenvalue weighted by Crippen LogP contribution is 2.20. The Morgan fingerprint density at radius 2 is 2.19 bits per heavy atom. The molecule has 0 saturated carbocycles. The largest absolute Gasteiger partial charge is 0.325 e. The number of nitrogens with one attached hydrogen (secondary N) is 1. The van der Waals surface area contributed by atoms with E-state index in [0.717, 1.165) is 4.47 Å². The van der Waals surface area contributed by atoms with E-state index < -0.39 is 0 Å². The quantitative estimate of drug-likeness (QED) is 0.861. The highest BCUT2D eigenvalue weighted by molar-refractivity contribution is 9.10. The number of halogens is 2. The molecule has 0 aliphatic rings. The first-order chi connectivity index (χ1) is 9.94. The molecule has 21 heavy (non-hydrogen) atoms. The molecule has 0 fully saturated rings.